The van der Waals surface area contributed by atoms with Crippen molar-refractivity contribution in [2.24, 2.45) is 0 Å². The number of carbonyl (C=O) groups is 1. The fourth-order valence-corrected chi connectivity index (χ4v) is 3.87. The number of thiophene rings is 1. The molecule has 0 aliphatic heterocycles. The molecule has 166 valence electrons. The van der Waals surface area contributed by atoms with Crippen LogP contribution in [-0.2, 0) is 24.5 Å². The number of hydrogen-bond acceptors (Lipinski definition) is 4. The molecule has 0 bridgehead atoms. The summed E-state index contributed by atoms with van der Waals surface area (Å²) in [5.41, 5.74) is 2.57. The molecule has 0 aliphatic carbocycles. The lowest BCUT2D eigenvalue weighted by molar-refractivity contribution is -0.127. The maximum absolute atomic E-state index is 13.3. The van der Waals surface area contributed by atoms with Crippen LogP contribution in [0.5, 0.6) is 5.75 Å². The topological polar surface area (TPSA) is 42.4 Å². The molecule has 4 aromatic rings. The Kier molecular flexibility index (Phi) is 7.61. The van der Waals surface area contributed by atoms with E-state index in [1.807, 2.05) is 72.1 Å². The van der Waals surface area contributed by atoms with Gasteiger partial charge in [0.2, 0.25) is 5.91 Å². The van der Waals surface area contributed by atoms with Gasteiger partial charge in [0.15, 0.2) is 0 Å². The van der Waals surface area contributed by atoms with E-state index in [1.165, 1.54) is 12.1 Å². The Bertz CT molecular complexity index is 1190. The molecule has 4 nitrogen and oxygen atoms in total. The second kappa shape index (κ2) is 11.2. The number of rotatable bonds is 9. The molecule has 6 heteroatoms. The summed E-state index contributed by atoms with van der Waals surface area (Å²) in [6.07, 6.45) is 5.16. The van der Waals surface area contributed by atoms with E-state index in [0.29, 0.717) is 18.8 Å². The van der Waals surface area contributed by atoms with Crippen molar-refractivity contribution in [3.8, 4) is 5.75 Å². The summed E-state index contributed by atoms with van der Waals surface area (Å²) >= 11 is 1.59. The van der Waals surface area contributed by atoms with E-state index in [4.69, 9.17) is 4.74 Å². The van der Waals surface area contributed by atoms with E-state index >= 15 is 0 Å². The maximum atomic E-state index is 13.3. The van der Waals surface area contributed by atoms with E-state index in [-0.39, 0.29) is 18.3 Å². The Morgan fingerprint density at radius 3 is 2.58 bits per heavy atom. The minimum Gasteiger partial charge on any atom is -0.489 e. The standard InChI is InChI=1S/C27H23FN2O2S/c28-23-6-3-5-22(17-23)20-32-25-11-9-21(10-12-25)18-30(19-24-7-1-2-15-29-24)27(31)14-13-26-8-4-16-33-26/h1-17H,18-20H2/b14-13+. The molecule has 2 aromatic heterocycles. The maximum Gasteiger partial charge on any atom is 0.247 e. The van der Waals surface area contributed by atoms with E-state index < -0.39 is 0 Å². The Labute approximate surface area is 196 Å². The first-order valence-electron chi connectivity index (χ1n) is 10.5. The average Bonchev–Trinajstić information content (AvgIpc) is 3.36. The van der Waals surface area contributed by atoms with Crippen LogP contribution in [-0.4, -0.2) is 15.8 Å². The molecule has 2 heterocycles. The third-order valence-electron chi connectivity index (χ3n) is 4.92. The van der Waals surface area contributed by atoms with Crippen LogP contribution < -0.4 is 4.74 Å². The first-order valence-corrected chi connectivity index (χ1v) is 11.4. The lowest BCUT2D eigenvalue weighted by Gasteiger charge is -2.21. The molecule has 4 rings (SSSR count). The van der Waals surface area contributed by atoms with Gasteiger partial charge in [0.1, 0.15) is 18.2 Å². The van der Waals surface area contributed by atoms with Crippen molar-refractivity contribution in [1.29, 1.82) is 0 Å². The van der Waals surface area contributed by atoms with E-state index in [0.717, 1.165) is 21.7 Å². The second-order valence-corrected chi connectivity index (χ2v) is 8.41. The third-order valence-corrected chi connectivity index (χ3v) is 5.75. The van der Waals surface area contributed by atoms with Gasteiger partial charge in [0.05, 0.1) is 12.2 Å². The highest BCUT2D eigenvalue weighted by Crippen LogP contribution is 2.18. The number of amides is 1. The number of benzene rings is 2. The average molecular weight is 459 g/mol. The molecule has 33 heavy (non-hydrogen) atoms. The highest BCUT2D eigenvalue weighted by atomic mass is 32.1. The van der Waals surface area contributed by atoms with Gasteiger partial charge in [-0.05, 0) is 65.0 Å². The van der Waals surface area contributed by atoms with E-state index in [9.17, 15) is 9.18 Å². The van der Waals surface area contributed by atoms with Gasteiger partial charge in [-0.2, -0.15) is 0 Å². The van der Waals surface area contributed by atoms with Gasteiger partial charge in [0.25, 0.3) is 0 Å². The summed E-state index contributed by atoms with van der Waals surface area (Å²) in [4.78, 5) is 20.1. The summed E-state index contributed by atoms with van der Waals surface area (Å²) in [6.45, 7) is 1.13. The third kappa shape index (κ3) is 6.85. The fourth-order valence-electron chi connectivity index (χ4n) is 3.25. The van der Waals surface area contributed by atoms with Crippen LogP contribution in [0.3, 0.4) is 0 Å². The minimum absolute atomic E-state index is 0.0829. The summed E-state index contributed by atoms with van der Waals surface area (Å²) in [7, 11) is 0. The molecular formula is C27H23FN2O2S. The van der Waals surface area contributed by atoms with Gasteiger partial charge in [-0.3, -0.25) is 9.78 Å². The first kappa shape index (κ1) is 22.4. The molecule has 0 N–H and O–H groups in total. The number of pyridine rings is 1. The van der Waals surface area contributed by atoms with Crippen LogP contribution >= 0.6 is 11.3 Å². The van der Waals surface area contributed by atoms with E-state index in [2.05, 4.69) is 4.98 Å². The van der Waals surface area contributed by atoms with Crippen LogP contribution in [0, 0.1) is 5.82 Å². The van der Waals surface area contributed by atoms with Crippen LogP contribution in [0.4, 0.5) is 4.39 Å². The van der Waals surface area contributed by atoms with Crippen LogP contribution in [0.25, 0.3) is 6.08 Å². The molecule has 0 saturated heterocycles. The van der Waals surface area contributed by atoms with Crippen molar-refractivity contribution in [2.75, 3.05) is 0 Å². The molecule has 1 amide bonds. The monoisotopic (exact) mass is 458 g/mol. The minimum atomic E-state index is -0.280. The summed E-state index contributed by atoms with van der Waals surface area (Å²) in [5, 5.41) is 1.98. The van der Waals surface area contributed by atoms with Crippen LogP contribution in [0.1, 0.15) is 21.7 Å². The zero-order valence-electron chi connectivity index (χ0n) is 17.9. The zero-order valence-corrected chi connectivity index (χ0v) is 18.7. The van der Waals surface area contributed by atoms with Crippen LogP contribution in [0.15, 0.2) is 96.5 Å². The molecule has 0 fully saturated rings. The smallest absolute Gasteiger partial charge is 0.247 e. The highest BCUT2D eigenvalue weighted by molar-refractivity contribution is 7.10. The largest absolute Gasteiger partial charge is 0.489 e. The van der Waals surface area contributed by atoms with Gasteiger partial charge >= 0.3 is 0 Å². The summed E-state index contributed by atoms with van der Waals surface area (Å²) in [5.74, 6) is 0.320. The Morgan fingerprint density at radius 2 is 1.85 bits per heavy atom. The summed E-state index contributed by atoms with van der Waals surface area (Å²) in [6, 6.07) is 23.5. The molecular weight excluding hydrogens is 435 g/mol. The van der Waals surface area contributed by atoms with Gasteiger partial charge in [-0.15, -0.1) is 11.3 Å². The van der Waals surface area contributed by atoms with Crippen molar-refractivity contribution in [3.63, 3.8) is 0 Å². The number of aromatic nitrogens is 1. The molecule has 0 atom stereocenters. The Hall–Kier alpha value is -3.77. The lowest BCUT2D eigenvalue weighted by Crippen LogP contribution is -2.28. The molecule has 0 radical (unpaired) electrons. The summed E-state index contributed by atoms with van der Waals surface area (Å²) < 4.78 is 19.1. The Morgan fingerprint density at radius 1 is 0.970 bits per heavy atom. The van der Waals surface area contributed by atoms with Crippen molar-refractivity contribution < 1.29 is 13.9 Å². The van der Waals surface area contributed by atoms with Crippen molar-refractivity contribution in [3.05, 3.63) is 124 Å². The fraction of sp³-hybridized carbons (Fsp3) is 0.111. The van der Waals surface area contributed by atoms with Gasteiger partial charge < -0.3 is 9.64 Å². The van der Waals surface area contributed by atoms with Crippen molar-refractivity contribution in [1.82, 2.24) is 9.88 Å². The molecule has 0 aliphatic rings. The van der Waals surface area contributed by atoms with Crippen molar-refractivity contribution >= 4 is 23.3 Å². The van der Waals surface area contributed by atoms with Crippen molar-refractivity contribution in [2.45, 2.75) is 19.7 Å². The lowest BCUT2D eigenvalue weighted by atomic mass is 10.2. The van der Waals surface area contributed by atoms with Gasteiger partial charge in [-0.25, -0.2) is 4.39 Å². The second-order valence-electron chi connectivity index (χ2n) is 7.43. The number of halogens is 1. The number of hydrogen-bond donors (Lipinski definition) is 0. The quantitative estimate of drug-likeness (QED) is 0.285. The molecule has 0 spiro atoms. The van der Waals surface area contributed by atoms with E-state index in [1.54, 1.807) is 34.6 Å². The molecule has 2 aromatic carbocycles. The number of nitrogens with zero attached hydrogens (tertiary/aromatic N) is 2. The Balaban J connectivity index is 1.42. The van der Waals surface area contributed by atoms with Crippen LogP contribution in [0.2, 0.25) is 0 Å². The molecule has 0 unspecified atom stereocenters. The number of ether oxygens (including phenoxy) is 1. The normalized spacial score (nSPS) is 10.9. The predicted octanol–water partition coefficient (Wildman–Crippen LogP) is 6.10. The zero-order chi connectivity index (χ0) is 22.9. The van der Waals surface area contributed by atoms with Gasteiger partial charge in [-0.1, -0.05) is 36.4 Å². The number of carbonyl (C=O) groups excluding carboxylic acids is 1. The first-order chi connectivity index (χ1) is 16.2. The SMILES string of the molecule is O=C(/C=C/c1cccs1)N(Cc1ccc(OCc2cccc(F)c2)cc1)Cc1ccccn1. The van der Waals surface area contributed by atoms with Gasteiger partial charge in [0, 0.05) is 23.7 Å². The molecule has 0 saturated carbocycles. The predicted molar refractivity (Wildman–Crippen MR) is 129 cm³/mol. The highest BCUT2D eigenvalue weighted by Gasteiger charge is 2.13.